The third kappa shape index (κ3) is 3.57. The second-order valence-electron chi connectivity index (χ2n) is 6.28. The lowest BCUT2D eigenvalue weighted by molar-refractivity contribution is 0.0595. The van der Waals surface area contributed by atoms with Crippen LogP contribution in [0.3, 0.4) is 0 Å². The Balaban J connectivity index is 2.07. The maximum atomic E-state index is 13.9. The molecule has 3 nitrogen and oxygen atoms in total. The van der Waals surface area contributed by atoms with Crippen LogP contribution >= 0.6 is 0 Å². The van der Waals surface area contributed by atoms with Crippen molar-refractivity contribution in [2.75, 3.05) is 20.2 Å². The second-order valence-corrected chi connectivity index (χ2v) is 6.28. The maximum Gasteiger partial charge on any atom is 0.340 e. The van der Waals surface area contributed by atoms with Gasteiger partial charge in [-0.2, -0.15) is 0 Å². The standard InChI is InChI=1S/C16H22FNO2/c1-16(2)7-4-8-18(11-16)10-12-5-6-13(14(17)9-12)15(19)20-3/h5-6,9H,4,7-8,10-11H2,1-3H3. The van der Waals surface area contributed by atoms with Gasteiger partial charge in [-0.05, 0) is 42.5 Å². The SMILES string of the molecule is COC(=O)c1ccc(CN2CCCC(C)(C)C2)cc1F. The Morgan fingerprint density at radius 1 is 1.45 bits per heavy atom. The maximum absolute atomic E-state index is 13.9. The normalized spacial score (nSPS) is 18.8. The molecule has 110 valence electrons. The molecule has 1 aromatic carbocycles. The summed E-state index contributed by atoms with van der Waals surface area (Å²) in [6.45, 7) is 7.32. The number of halogens is 1. The number of carbonyl (C=O) groups excluding carboxylic acids is 1. The zero-order valence-electron chi connectivity index (χ0n) is 12.4. The van der Waals surface area contributed by atoms with E-state index in [2.05, 4.69) is 23.5 Å². The Labute approximate surface area is 119 Å². The summed E-state index contributed by atoms with van der Waals surface area (Å²) in [5.41, 5.74) is 1.21. The summed E-state index contributed by atoms with van der Waals surface area (Å²) in [6.07, 6.45) is 2.41. The molecule has 0 unspecified atom stereocenters. The molecular weight excluding hydrogens is 257 g/mol. The van der Waals surface area contributed by atoms with Crippen LogP contribution in [0.1, 0.15) is 42.6 Å². The molecule has 1 fully saturated rings. The number of hydrogen-bond acceptors (Lipinski definition) is 3. The van der Waals surface area contributed by atoms with Gasteiger partial charge in [-0.25, -0.2) is 9.18 Å². The smallest absolute Gasteiger partial charge is 0.340 e. The van der Waals surface area contributed by atoms with Crippen molar-refractivity contribution in [1.82, 2.24) is 4.90 Å². The third-order valence-corrected chi connectivity index (χ3v) is 3.82. The van der Waals surface area contributed by atoms with Gasteiger partial charge in [0.2, 0.25) is 0 Å². The van der Waals surface area contributed by atoms with Crippen LogP contribution in [-0.2, 0) is 11.3 Å². The predicted molar refractivity (Wildman–Crippen MR) is 76.0 cm³/mol. The first kappa shape index (κ1) is 15.0. The first-order chi connectivity index (χ1) is 9.41. The van der Waals surface area contributed by atoms with Gasteiger partial charge in [-0.3, -0.25) is 4.90 Å². The van der Waals surface area contributed by atoms with Gasteiger partial charge in [-0.1, -0.05) is 19.9 Å². The third-order valence-electron chi connectivity index (χ3n) is 3.82. The highest BCUT2D eigenvalue weighted by atomic mass is 19.1. The summed E-state index contributed by atoms with van der Waals surface area (Å²) in [5, 5.41) is 0. The van der Waals surface area contributed by atoms with Gasteiger partial charge in [-0.15, -0.1) is 0 Å². The number of ether oxygens (including phenoxy) is 1. The molecule has 1 saturated heterocycles. The molecule has 0 aliphatic carbocycles. The highest BCUT2D eigenvalue weighted by Gasteiger charge is 2.26. The summed E-state index contributed by atoms with van der Waals surface area (Å²) in [5.74, 6) is -1.14. The molecule has 2 rings (SSSR count). The summed E-state index contributed by atoms with van der Waals surface area (Å²) in [7, 11) is 1.26. The van der Waals surface area contributed by atoms with Crippen LogP contribution in [0.15, 0.2) is 18.2 Å². The second kappa shape index (κ2) is 5.92. The molecule has 0 N–H and O–H groups in total. The number of carbonyl (C=O) groups is 1. The number of likely N-dealkylation sites (tertiary alicyclic amines) is 1. The average Bonchev–Trinajstić information content (AvgIpc) is 2.37. The molecule has 1 aliphatic heterocycles. The van der Waals surface area contributed by atoms with E-state index in [1.807, 2.05) is 0 Å². The first-order valence-electron chi connectivity index (χ1n) is 7.00. The van der Waals surface area contributed by atoms with E-state index in [1.54, 1.807) is 6.07 Å². The molecule has 0 saturated carbocycles. The van der Waals surface area contributed by atoms with Crippen LogP contribution < -0.4 is 0 Å². The summed E-state index contributed by atoms with van der Waals surface area (Å²) < 4.78 is 18.4. The molecule has 0 radical (unpaired) electrons. The van der Waals surface area contributed by atoms with E-state index in [0.29, 0.717) is 5.41 Å². The quantitative estimate of drug-likeness (QED) is 0.796. The Morgan fingerprint density at radius 3 is 2.80 bits per heavy atom. The molecular formula is C16H22FNO2. The molecule has 4 heteroatoms. The number of benzene rings is 1. The summed E-state index contributed by atoms with van der Waals surface area (Å²) in [6, 6.07) is 4.75. The van der Waals surface area contributed by atoms with Crippen molar-refractivity contribution in [3.8, 4) is 0 Å². The monoisotopic (exact) mass is 279 g/mol. The lowest BCUT2D eigenvalue weighted by Crippen LogP contribution is -2.39. The van der Waals surface area contributed by atoms with Crippen molar-refractivity contribution in [3.63, 3.8) is 0 Å². The number of rotatable bonds is 3. The zero-order valence-corrected chi connectivity index (χ0v) is 12.4. The van der Waals surface area contributed by atoms with Gasteiger partial charge in [0.15, 0.2) is 0 Å². The fraction of sp³-hybridized carbons (Fsp3) is 0.562. The molecule has 0 aromatic heterocycles. The van der Waals surface area contributed by atoms with E-state index in [0.717, 1.165) is 25.2 Å². The fourth-order valence-electron chi connectivity index (χ4n) is 2.87. The van der Waals surface area contributed by atoms with Crippen molar-refractivity contribution in [2.45, 2.75) is 33.2 Å². The van der Waals surface area contributed by atoms with Gasteiger partial charge in [0.1, 0.15) is 5.82 Å². The number of piperidine rings is 1. The molecule has 20 heavy (non-hydrogen) atoms. The summed E-state index contributed by atoms with van der Waals surface area (Å²) in [4.78, 5) is 13.7. The molecule has 0 amide bonds. The van der Waals surface area contributed by atoms with Gasteiger partial charge in [0.25, 0.3) is 0 Å². The van der Waals surface area contributed by atoms with Gasteiger partial charge in [0, 0.05) is 13.1 Å². The Kier molecular flexibility index (Phi) is 4.43. The van der Waals surface area contributed by atoms with Gasteiger partial charge < -0.3 is 4.74 Å². The van der Waals surface area contributed by atoms with Crippen molar-refractivity contribution in [1.29, 1.82) is 0 Å². The minimum Gasteiger partial charge on any atom is -0.465 e. The van der Waals surface area contributed by atoms with E-state index < -0.39 is 11.8 Å². The lowest BCUT2D eigenvalue weighted by atomic mass is 9.84. The van der Waals surface area contributed by atoms with E-state index in [4.69, 9.17) is 0 Å². The minimum absolute atomic E-state index is 0.00442. The van der Waals surface area contributed by atoms with E-state index >= 15 is 0 Å². The Morgan fingerprint density at radius 2 is 2.20 bits per heavy atom. The van der Waals surface area contributed by atoms with Crippen molar-refractivity contribution < 1.29 is 13.9 Å². The van der Waals surface area contributed by atoms with Crippen LogP contribution in [0.25, 0.3) is 0 Å². The van der Waals surface area contributed by atoms with Crippen LogP contribution in [0, 0.1) is 11.2 Å². The van der Waals surface area contributed by atoms with Crippen molar-refractivity contribution in [2.24, 2.45) is 5.41 Å². The van der Waals surface area contributed by atoms with Crippen molar-refractivity contribution in [3.05, 3.63) is 35.1 Å². The average molecular weight is 279 g/mol. The Hall–Kier alpha value is -1.42. The van der Waals surface area contributed by atoms with Crippen LogP contribution in [0.2, 0.25) is 0 Å². The number of esters is 1. The summed E-state index contributed by atoms with van der Waals surface area (Å²) >= 11 is 0. The van der Waals surface area contributed by atoms with E-state index in [9.17, 15) is 9.18 Å². The highest BCUT2D eigenvalue weighted by Crippen LogP contribution is 2.29. The van der Waals surface area contributed by atoms with E-state index in [1.165, 1.54) is 32.1 Å². The van der Waals surface area contributed by atoms with Crippen LogP contribution in [0.5, 0.6) is 0 Å². The molecule has 1 heterocycles. The number of hydrogen-bond donors (Lipinski definition) is 0. The zero-order chi connectivity index (χ0) is 14.8. The molecule has 1 aromatic rings. The molecule has 1 aliphatic rings. The predicted octanol–water partition coefficient (Wildman–Crippen LogP) is 3.23. The minimum atomic E-state index is -0.631. The van der Waals surface area contributed by atoms with Crippen molar-refractivity contribution >= 4 is 5.97 Å². The first-order valence-corrected chi connectivity index (χ1v) is 7.00. The van der Waals surface area contributed by atoms with Crippen LogP contribution in [0.4, 0.5) is 4.39 Å². The Bertz CT molecular complexity index is 499. The fourth-order valence-corrected chi connectivity index (χ4v) is 2.87. The molecule has 0 atom stereocenters. The van der Waals surface area contributed by atoms with Gasteiger partial charge >= 0.3 is 5.97 Å². The molecule has 0 spiro atoms. The number of methoxy groups -OCH3 is 1. The lowest BCUT2D eigenvalue weighted by Gasteiger charge is -2.38. The molecule has 0 bridgehead atoms. The van der Waals surface area contributed by atoms with Crippen LogP contribution in [-0.4, -0.2) is 31.1 Å². The topological polar surface area (TPSA) is 29.5 Å². The largest absolute Gasteiger partial charge is 0.465 e. The number of nitrogens with zero attached hydrogens (tertiary/aromatic N) is 1. The van der Waals surface area contributed by atoms with E-state index in [-0.39, 0.29) is 5.56 Å². The van der Waals surface area contributed by atoms with Gasteiger partial charge in [0.05, 0.1) is 12.7 Å². The highest BCUT2D eigenvalue weighted by molar-refractivity contribution is 5.89.